The van der Waals surface area contributed by atoms with Crippen LogP contribution in [0.1, 0.15) is 126 Å². The van der Waals surface area contributed by atoms with Crippen LogP contribution >= 0.6 is 0 Å². The zero-order chi connectivity index (χ0) is 62.0. The lowest BCUT2D eigenvalue weighted by Gasteiger charge is -2.51. The summed E-state index contributed by atoms with van der Waals surface area (Å²) in [6.07, 6.45) is 4.39. The minimum atomic E-state index is -2.46. The third kappa shape index (κ3) is 14.8. The Bertz CT molecular complexity index is 3390. The number of amides is 3. The highest BCUT2D eigenvalue weighted by molar-refractivity contribution is 6.74. The van der Waals surface area contributed by atoms with Gasteiger partial charge in [-0.2, -0.15) is 10.2 Å². The quantitative estimate of drug-likeness (QED) is 0.0112. The number of ether oxygens (including phenoxy) is 7. The number of methoxy groups -OCH3 is 2. The molecule has 5 heterocycles. The topological polar surface area (TPSA) is 298 Å². The second-order valence-electron chi connectivity index (χ2n) is 23.0. The summed E-state index contributed by atoms with van der Waals surface area (Å²) < 4.78 is 56.3. The first-order chi connectivity index (χ1) is 41.1. The number of primary amides is 2. The maximum Gasteiger partial charge on any atom is 0.296 e. The molecule has 6 aromatic rings. The standard InChI is InChI=1S/C61H83N11O13Si/c1-12-44-42(38(4)68-70(44)13-2)25-18-15-20-28-71-46(31-37(3)67-71)57(75)66-60-65-43-32-40(55(62)73)35-48(78-8)51(43)69(60)27-21-19-26-64-50-45(72(76)77)33-41(56(63)74)34-47(50)80-29-22-30-81-54-53(85-86(10,11)61(5,6)7)52-49(83-59(54)79-9)36-82-58(84-52)39-23-16-14-17-24-39/h14,16-17,19,21,23-24,31-35,49,52-54,58-59,64H,12-13,15,18,20,22,25-30,36H2,1-11H3,(H2,62,73)(H2,63,74)(H,65,66,75)/b21-19+/t49-,52-,53+,54-,58?,59+/m1/s1. The van der Waals surface area contributed by atoms with Gasteiger partial charge >= 0.3 is 0 Å². The maximum absolute atomic E-state index is 14.2. The van der Waals surface area contributed by atoms with E-state index in [1.165, 1.54) is 36.6 Å². The number of carbonyl (C=O) groups excluding carboxylic acids is 3. The summed E-state index contributed by atoms with van der Waals surface area (Å²) in [5.74, 6) is -1.60. The van der Waals surface area contributed by atoms with Gasteiger partial charge in [0.1, 0.15) is 47.1 Å². The highest BCUT2D eigenvalue weighted by Crippen LogP contribution is 2.43. The van der Waals surface area contributed by atoms with Crippen molar-refractivity contribution in [2.75, 3.05) is 51.2 Å². The molecule has 0 bridgehead atoms. The summed E-state index contributed by atoms with van der Waals surface area (Å²) in [4.78, 5) is 56.0. The van der Waals surface area contributed by atoms with Gasteiger partial charge in [-0.05, 0) is 94.4 Å². The zero-order valence-electron chi connectivity index (χ0n) is 51.2. The lowest BCUT2D eigenvalue weighted by Crippen LogP contribution is -2.66. The molecule has 6 N–H and O–H groups in total. The Balaban J connectivity index is 0.959. The van der Waals surface area contributed by atoms with Crippen molar-refractivity contribution in [2.24, 2.45) is 11.5 Å². The van der Waals surface area contributed by atoms with Gasteiger partial charge in [0.15, 0.2) is 26.6 Å². The van der Waals surface area contributed by atoms with E-state index >= 15 is 0 Å². The van der Waals surface area contributed by atoms with Gasteiger partial charge in [-0.3, -0.25) is 39.2 Å². The number of rotatable bonds is 29. The van der Waals surface area contributed by atoms with Gasteiger partial charge in [0.25, 0.3) is 11.6 Å². The fourth-order valence-electron chi connectivity index (χ4n) is 10.7. The summed E-state index contributed by atoms with van der Waals surface area (Å²) >= 11 is 0. The molecule has 24 nitrogen and oxygen atoms in total. The number of anilines is 2. The number of allylic oxidation sites excluding steroid dienone is 1. The number of aromatic nitrogens is 6. The van der Waals surface area contributed by atoms with Crippen molar-refractivity contribution in [3.05, 3.63) is 128 Å². The molecule has 2 aliphatic rings. The van der Waals surface area contributed by atoms with Gasteiger partial charge < -0.3 is 58.9 Å². The number of hydrogen-bond donors (Lipinski definition) is 4. The van der Waals surface area contributed by atoms with E-state index < -0.39 is 73.6 Å². The Morgan fingerprint density at radius 3 is 2.30 bits per heavy atom. The molecule has 86 heavy (non-hydrogen) atoms. The van der Waals surface area contributed by atoms with Crippen molar-refractivity contribution in [3.8, 4) is 11.5 Å². The van der Waals surface area contributed by atoms with E-state index in [-0.39, 0.29) is 78.6 Å². The lowest BCUT2D eigenvalue weighted by atomic mass is 9.97. The van der Waals surface area contributed by atoms with Crippen LogP contribution in [-0.2, 0) is 60.6 Å². The first-order valence-corrected chi connectivity index (χ1v) is 32.2. The molecule has 0 radical (unpaired) electrons. The molecule has 2 fully saturated rings. The van der Waals surface area contributed by atoms with Crippen LogP contribution < -0.4 is 31.6 Å². The van der Waals surface area contributed by atoms with E-state index in [0.29, 0.717) is 29.0 Å². The molecule has 1 unspecified atom stereocenters. The van der Waals surface area contributed by atoms with Crippen molar-refractivity contribution in [1.82, 2.24) is 29.1 Å². The fraction of sp³-hybridized carbons (Fsp3) is 0.508. The number of fused-ring (bicyclic) bond motifs is 2. The Hall–Kier alpha value is -7.52. The van der Waals surface area contributed by atoms with Crippen LogP contribution in [0, 0.1) is 24.0 Å². The molecule has 25 heteroatoms. The number of nitro groups is 1. The summed E-state index contributed by atoms with van der Waals surface area (Å²) in [6.45, 7) is 20.8. The third-order valence-corrected chi connectivity index (χ3v) is 20.5. The van der Waals surface area contributed by atoms with E-state index in [0.717, 1.165) is 56.0 Å². The average molecular weight is 1210 g/mol. The normalized spacial score (nSPS) is 19.0. The van der Waals surface area contributed by atoms with Gasteiger partial charge in [0, 0.05) is 68.2 Å². The number of carbonyl (C=O) groups is 3. The number of unbranched alkanes of at least 4 members (excludes halogenated alkanes) is 2. The summed E-state index contributed by atoms with van der Waals surface area (Å²) in [7, 11) is 0.528. The number of nitro benzene ring substituents is 1. The van der Waals surface area contributed by atoms with Crippen LogP contribution in [0.3, 0.4) is 0 Å². The molecule has 3 aromatic heterocycles. The van der Waals surface area contributed by atoms with E-state index in [1.807, 2.05) is 37.3 Å². The molecule has 3 amide bonds. The highest BCUT2D eigenvalue weighted by Gasteiger charge is 2.54. The molecule has 6 atom stereocenters. The van der Waals surface area contributed by atoms with Crippen LogP contribution in [0.5, 0.6) is 11.5 Å². The van der Waals surface area contributed by atoms with Crippen molar-refractivity contribution < 1.29 is 56.9 Å². The summed E-state index contributed by atoms with van der Waals surface area (Å²) in [5.41, 5.74) is 17.3. The average Bonchev–Trinajstić information content (AvgIpc) is 1.22. The number of nitrogens with zero attached hydrogens (tertiary/aromatic N) is 7. The van der Waals surface area contributed by atoms with Gasteiger partial charge in [0.2, 0.25) is 17.8 Å². The molecule has 0 spiro atoms. The van der Waals surface area contributed by atoms with Crippen molar-refractivity contribution in [2.45, 2.75) is 162 Å². The lowest BCUT2D eigenvalue weighted by molar-refractivity contribution is -0.384. The second-order valence-corrected chi connectivity index (χ2v) is 27.7. The van der Waals surface area contributed by atoms with Crippen molar-refractivity contribution in [1.29, 1.82) is 0 Å². The van der Waals surface area contributed by atoms with E-state index in [4.69, 9.17) is 59.1 Å². The molecule has 2 saturated heterocycles. The Morgan fingerprint density at radius 2 is 1.63 bits per heavy atom. The predicted molar refractivity (Wildman–Crippen MR) is 326 cm³/mol. The number of nitrogens with two attached hydrogens (primary N) is 2. The van der Waals surface area contributed by atoms with E-state index in [2.05, 4.69) is 75.1 Å². The molecule has 2 aliphatic heterocycles. The van der Waals surface area contributed by atoms with Gasteiger partial charge in [0.05, 0.1) is 48.8 Å². The molecule has 0 aliphatic carbocycles. The van der Waals surface area contributed by atoms with Crippen LogP contribution in [-0.4, -0.2) is 131 Å². The number of nitrogens with one attached hydrogen (secondary N) is 2. The monoisotopic (exact) mass is 1210 g/mol. The van der Waals surface area contributed by atoms with Gasteiger partial charge in [-0.25, -0.2) is 4.98 Å². The maximum atomic E-state index is 14.2. The minimum Gasteiger partial charge on any atom is -0.494 e. The fourth-order valence-corrected chi connectivity index (χ4v) is 12.0. The molecule has 464 valence electrons. The first-order valence-electron chi connectivity index (χ1n) is 29.3. The highest BCUT2D eigenvalue weighted by atomic mass is 28.4. The van der Waals surface area contributed by atoms with E-state index in [1.54, 1.807) is 34.6 Å². The summed E-state index contributed by atoms with van der Waals surface area (Å²) in [6, 6.07) is 16.8. The van der Waals surface area contributed by atoms with Gasteiger partial charge in [-0.15, -0.1) is 0 Å². The molecule has 3 aromatic carbocycles. The Labute approximate surface area is 502 Å². The Kier molecular flexibility index (Phi) is 21.2. The van der Waals surface area contributed by atoms with Crippen molar-refractivity contribution >= 4 is 54.4 Å². The van der Waals surface area contributed by atoms with Crippen LogP contribution in [0.2, 0.25) is 18.1 Å². The largest absolute Gasteiger partial charge is 0.494 e. The molecular weight excluding hydrogens is 1120 g/mol. The second kappa shape index (κ2) is 28.3. The van der Waals surface area contributed by atoms with Crippen molar-refractivity contribution in [3.63, 3.8) is 0 Å². The Morgan fingerprint density at radius 1 is 0.895 bits per heavy atom. The number of hydrogen-bond acceptors (Lipinski definition) is 17. The van der Waals surface area contributed by atoms with Crippen LogP contribution in [0.4, 0.5) is 17.3 Å². The zero-order valence-corrected chi connectivity index (χ0v) is 52.2. The third-order valence-electron chi connectivity index (χ3n) is 16.1. The minimum absolute atomic E-state index is 0.00231. The smallest absolute Gasteiger partial charge is 0.296 e. The SMILES string of the molecule is CCc1c(CCCCCn2nc(C)cc2C(=O)Nc2nc3cc(C(N)=O)cc(OC)c3n2C/C=C/CNc2c(OCCCO[C@H]3[C@@H](OC)O[C@@H]4COC(c5ccccc5)O[C@H]4[C@@H]3O[Si](C)(C)C(C)(C)C)cc(C(N)=O)cc2[N+](=O)[O-])c(C)nn1CC. The molecule has 0 saturated carbocycles. The van der Waals surface area contributed by atoms with Crippen LogP contribution in [0.15, 0.2) is 72.8 Å². The van der Waals surface area contributed by atoms with Crippen LogP contribution in [0.25, 0.3) is 11.0 Å². The number of imidazole rings is 1. The summed E-state index contributed by atoms with van der Waals surface area (Å²) in [5, 5.41) is 27.9. The number of benzene rings is 3. The van der Waals surface area contributed by atoms with E-state index in [9.17, 15) is 24.5 Å². The number of aryl methyl sites for hydroxylation is 4. The molecular formula is C61H83N11O13Si. The first kappa shape index (κ1) is 64.5. The molecule has 8 rings (SSSR count). The van der Waals surface area contributed by atoms with Gasteiger partial charge in [-0.1, -0.05) is 76.6 Å². The predicted octanol–water partition coefficient (Wildman–Crippen LogP) is 9.11.